The van der Waals surface area contributed by atoms with E-state index in [1.807, 2.05) is 27.7 Å². The van der Waals surface area contributed by atoms with Crippen LogP contribution in [0.1, 0.15) is 82.1 Å². The maximum absolute atomic E-state index is 12.3. The third-order valence-electron chi connectivity index (χ3n) is 3.97. The first-order valence-electron chi connectivity index (χ1n) is 9.50. The van der Waals surface area contributed by atoms with Gasteiger partial charge in [0.15, 0.2) is 17.7 Å². The molecule has 0 saturated carbocycles. The Bertz CT molecular complexity index is 790. The van der Waals surface area contributed by atoms with E-state index in [4.69, 9.17) is 14.0 Å². The number of rotatable bonds is 9. The monoisotopic (exact) mass is 388 g/mol. The van der Waals surface area contributed by atoms with Gasteiger partial charge in [-0.15, -0.1) is 0 Å². The van der Waals surface area contributed by atoms with E-state index in [-0.39, 0.29) is 29.9 Å². The van der Waals surface area contributed by atoms with Crippen molar-refractivity contribution in [1.29, 1.82) is 0 Å². The lowest BCUT2D eigenvalue weighted by Crippen LogP contribution is -2.14. The quantitative estimate of drug-likeness (QED) is 0.464. The van der Waals surface area contributed by atoms with Crippen molar-refractivity contribution in [3.63, 3.8) is 0 Å². The Morgan fingerprint density at radius 2 is 1.82 bits per heavy atom. The molecule has 28 heavy (non-hydrogen) atoms. The van der Waals surface area contributed by atoms with Crippen LogP contribution in [0.2, 0.25) is 0 Å². The van der Waals surface area contributed by atoms with Gasteiger partial charge in [-0.2, -0.15) is 4.98 Å². The fourth-order valence-electron chi connectivity index (χ4n) is 2.33. The van der Waals surface area contributed by atoms with Crippen LogP contribution >= 0.6 is 0 Å². The normalized spacial score (nSPS) is 12.5. The van der Waals surface area contributed by atoms with Crippen molar-refractivity contribution in [3.05, 3.63) is 41.5 Å². The van der Waals surface area contributed by atoms with Crippen LogP contribution in [0.25, 0.3) is 0 Å². The van der Waals surface area contributed by atoms with Gasteiger partial charge in [0.05, 0.1) is 13.0 Å². The Balaban J connectivity index is 1.82. The smallest absolute Gasteiger partial charge is 0.307 e. The minimum absolute atomic E-state index is 0.0163. The van der Waals surface area contributed by atoms with Crippen LogP contribution in [-0.4, -0.2) is 28.5 Å². The second-order valence-corrected chi connectivity index (χ2v) is 7.63. The molecule has 1 unspecified atom stereocenters. The van der Waals surface area contributed by atoms with Crippen molar-refractivity contribution in [2.24, 2.45) is 0 Å². The largest absolute Gasteiger partial charge is 0.494 e. The van der Waals surface area contributed by atoms with Gasteiger partial charge in [-0.1, -0.05) is 32.9 Å². The third kappa shape index (κ3) is 6.18. The van der Waals surface area contributed by atoms with Gasteiger partial charge in [0.1, 0.15) is 5.75 Å². The maximum atomic E-state index is 12.3. The Kier molecular flexibility index (Phi) is 7.31. The number of ether oxygens (including phenoxy) is 2. The number of nitrogens with zero attached hydrogens (tertiary/aromatic N) is 2. The molecule has 0 aliphatic carbocycles. The maximum Gasteiger partial charge on any atom is 0.307 e. The molecule has 0 bridgehead atoms. The average molecular weight is 388 g/mol. The molecule has 152 valence electrons. The number of carbonyl (C=O) groups is 2. The standard InChI is InChI=1S/C21H28N2O5/c1-6-13-26-16-9-7-15(8-10-16)17(24)11-12-18(25)27-14(2)19-22-20(23-28-19)21(3,4)5/h7-10,14H,6,11-13H2,1-5H3. The van der Waals surface area contributed by atoms with Gasteiger partial charge in [0.25, 0.3) is 5.89 Å². The van der Waals surface area contributed by atoms with E-state index < -0.39 is 12.1 Å². The molecule has 0 amide bonds. The lowest BCUT2D eigenvalue weighted by Gasteiger charge is -2.11. The first kappa shape index (κ1) is 21.6. The molecule has 2 rings (SSSR count). The van der Waals surface area contributed by atoms with Crippen LogP contribution in [0.5, 0.6) is 5.75 Å². The summed E-state index contributed by atoms with van der Waals surface area (Å²) in [6, 6.07) is 6.92. The van der Waals surface area contributed by atoms with Crippen molar-refractivity contribution in [2.45, 2.75) is 65.4 Å². The Hall–Kier alpha value is -2.70. The van der Waals surface area contributed by atoms with Crippen LogP contribution in [0.4, 0.5) is 0 Å². The highest BCUT2D eigenvalue weighted by molar-refractivity contribution is 5.97. The molecular weight excluding hydrogens is 360 g/mol. The molecule has 0 fully saturated rings. The minimum atomic E-state index is -0.666. The van der Waals surface area contributed by atoms with E-state index in [1.54, 1.807) is 31.2 Å². The van der Waals surface area contributed by atoms with Crippen molar-refractivity contribution in [3.8, 4) is 5.75 Å². The number of aromatic nitrogens is 2. The second-order valence-electron chi connectivity index (χ2n) is 7.63. The van der Waals surface area contributed by atoms with Crippen molar-refractivity contribution in [2.75, 3.05) is 6.61 Å². The number of carbonyl (C=O) groups excluding carboxylic acids is 2. The summed E-state index contributed by atoms with van der Waals surface area (Å²) in [5.74, 6) is 0.902. The molecule has 1 aromatic carbocycles. The molecule has 2 aromatic rings. The molecular formula is C21H28N2O5. The molecule has 0 radical (unpaired) electrons. The van der Waals surface area contributed by atoms with Crippen LogP contribution in [0, 0.1) is 0 Å². The fourth-order valence-corrected chi connectivity index (χ4v) is 2.33. The Morgan fingerprint density at radius 1 is 1.14 bits per heavy atom. The summed E-state index contributed by atoms with van der Waals surface area (Å²) >= 11 is 0. The highest BCUT2D eigenvalue weighted by Crippen LogP contribution is 2.22. The number of ketones is 1. The van der Waals surface area contributed by atoms with Crippen LogP contribution in [0.15, 0.2) is 28.8 Å². The lowest BCUT2D eigenvalue weighted by atomic mass is 9.96. The molecule has 0 aliphatic heterocycles. The van der Waals surface area contributed by atoms with Gasteiger partial charge in [-0.25, -0.2) is 0 Å². The summed E-state index contributed by atoms with van der Waals surface area (Å²) in [4.78, 5) is 28.6. The molecule has 1 aromatic heterocycles. The minimum Gasteiger partial charge on any atom is -0.494 e. The van der Waals surface area contributed by atoms with Gasteiger partial charge >= 0.3 is 5.97 Å². The summed E-state index contributed by atoms with van der Waals surface area (Å²) in [5, 5.41) is 3.91. The topological polar surface area (TPSA) is 91.5 Å². The van der Waals surface area contributed by atoms with Gasteiger partial charge < -0.3 is 14.0 Å². The van der Waals surface area contributed by atoms with Crippen LogP contribution in [-0.2, 0) is 14.9 Å². The lowest BCUT2D eigenvalue weighted by molar-refractivity contribution is -0.149. The molecule has 7 heteroatoms. The fraction of sp³-hybridized carbons (Fsp3) is 0.524. The summed E-state index contributed by atoms with van der Waals surface area (Å²) in [5.41, 5.74) is 0.283. The van der Waals surface area contributed by atoms with E-state index >= 15 is 0 Å². The Labute approximate surface area is 165 Å². The summed E-state index contributed by atoms with van der Waals surface area (Å²) in [6.45, 7) is 10.2. The second kappa shape index (κ2) is 9.48. The van der Waals surface area contributed by atoms with E-state index in [0.717, 1.165) is 12.2 Å². The molecule has 1 heterocycles. The molecule has 0 spiro atoms. The third-order valence-corrected chi connectivity index (χ3v) is 3.97. The van der Waals surface area contributed by atoms with Gasteiger partial charge in [-0.05, 0) is 37.6 Å². The highest BCUT2D eigenvalue weighted by atomic mass is 16.6. The molecule has 0 aliphatic rings. The average Bonchev–Trinajstić information content (AvgIpc) is 3.15. The number of hydrogen-bond donors (Lipinski definition) is 0. The Morgan fingerprint density at radius 3 is 2.39 bits per heavy atom. The number of Topliss-reactive ketones (excluding diaryl/α,β-unsaturated/α-hetero) is 1. The van der Waals surface area contributed by atoms with Gasteiger partial charge in [0.2, 0.25) is 0 Å². The number of hydrogen-bond acceptors (Lipinski definition) is 7. The summed E-state index contributed by atoms with van der Waals surface area (Å²) in [6.07, 6.45) is 0.304. The van der Waals surface area contributed by atoms with Gasteiger partial charge in [0, 0.05) is 17.4 Å². The van der Waals surface area contributed by atoms with Crippen molar-refractivity contribution >= 4 is 11.8 Å². The first-order valence-corrected chi connectivity index (χ1v) is 9.50. The highest BCUT2D eigenvalue weighted by Gasteiger charge is 2.25. The van der Waals surface area contributed by atoms with E-state index in [2.05, 4.69) is 10.1 Å². The zero-order valence-electron chi connectivity index (χ0n) is 17.2. The predicted molar refractivity (Wildman–Crippen MR) is 103 cm³/mol. The van der Waals surface area contributed by atoms with E-state index in [1.165, 1.54) is 0 Å². The SMILES string of the molecule is CCCOc1ccc(C(=O)CCC(=O)OC(C)c2nc(C(C)(C)C)no2)cc1. The summed E-state index contributed by atoms with van der Waals surface area (Å²) < 4.78 is 16.0. The number of benzene rings is 1. The predicted octanol–water partition coefficient (Wildman–Crippen LogP) is 4.42. The molecule has 0 N–H and O–H groups in total. The van der Waals surface area contributed by atoms with Crippen molar-refractivity contribution < 1.29 is 23.6 Å². The zero-order valence-corrected chi connectivity index (χ0v) is 17.2. The molecule has 0 saturated heterocycles. The van der Waals surface area contributed by atoms with Crippen LogP contribution < -0.4 is 4.74 Å². The first-order chi connectivity index (χ1) is 13.2. The van der Waals surface area contributed by atoms with E-state index in [9.17, 15) is 9.59 Å². The number of esters is 1. The zero-order chi connectivity index (χ0) is 20.7. The van der Waals surface area contributed by atoms with E-state index in [0.29, 0.717) is 18.0 Å². The van der Waals surface area contributed by atoms with Gasteiger partial charge in [-0.3, -0.25) is 9.59 Å². The van der Waals surface area contributed by atoms with Crippen molar-refractivity contribution in [1.82, 2.24) is 10.1 Å². The summed E-state index contributed by atoms with van der Waals surface area (Å²) in [7, 11) is 0. The molecule has 7 nitrogen and oxygen atoms in total. The molecule has 1 atom stereocenters. The van der Waals surface area contributed by atoms with Crippen LogP contribution in [0.3, 0.4) is 0 Å².